The number of carbonyl (C=O) groups is 1. The van der Waals surface area contributed by atoms with E-state index in [-0.39, 0.29) is 29.2 Å². The number of hydrogen-bond donors (Lipinski definition) is 1. The number of aromatic nitrogens is 2. The predicted molar refractivity (Wildman–Crippen MR) is 102 cm³/mol. The number of hydrogen-bond acceptors (Lipinski definition) is 4. The molecule has 0 radical (unpaired) electrons. The van der Waals surface area contributed by atoms with Crippen molar-refractivity contribution in [3.05, 3.63) is 82.3 Å². The molecular weight excluding hydrogens is 402 g/mol. The molecule has 2 N–H and O–H groups in total. The summed E-state index contributed by atoms with van der Waals surface area (Å²) >= 11 is 0. The van der Waals surface area contributed by atoms with Gasteiger partial charge in [-0.25, -0.2) is 9.07 Å². The molecule has 0 fully saturated rings. The van der Waals surface area contributed by atoms with Gasteiger partial charge in [-0.3, -0.25) is 4.79 Å². The van der Waals surface area contributed by atoms with Crippen molar-refractivity contribution < 1.29 is 27.1 Å². The maximum atomic E-state index is 13.9. The second-order valence-electron chi connectivity index (χ2n) is 6.70. The standard InChI is InChI=1S/C21H19F4N3O2/c1-13(15-7-8-17(18(22)9-15)21(23,24)25)28-20(26)16(10-29)19(27-28)12-30-11-14-5-3-2-4-6-14/h2-10,13H,11-12,26H2,1H3. The highest BCUT2D eigenvalue weighted by Crippen LogP contribution is 2.33. The number of nitrogens with zero attached hydrogens (tertiary/aromatic N) is 2. The summed E-state index contributed by atoms with van der Waals surface area (Å²) in [4.78, 5) is 11.5. The molecule has 0 saturated carbocycles. The first-order valence-electron chi connectivity index (χ1n) is 9.02. The number of halogens is 4. The summed E-state index contributed by atoms with van der Waals surface area (Å²) in [6, 6.07) is 11.3. The van der Waals surface area contributed by atoms with Crippen LogP contribution in [0.25, 0.3) is 0 Å². The molecule has 3 rings (SSSR count). The van der Waals surface area contributed by atoms with Crippen LogP contribution in [0.3, 0.4) is 0 Å². The number of benzene rings is 2. The first kappa shape index (κ1) is 21.5. The maximum absolute atomic E-state index is 13.9. The molecule has 0 bridgehead atoms. The Bertz CT molecular complexity index is 1030. The van der Waals surface area contributed by atoms with Gasteiger partial charge in [0.05, 0.1) is 30.4 Å². The summed E-state index contributed by atoms with van der Waals surface area (Å²) in [6.07, 6.45) is -4.25. The van der Waals surface area contributed by atoms with E-state index in [4.69, 9.17) is 10.5 Å². The fourth-order valence-corrected chi connectivity index (χ4v) is 3.04. The average Bonchev–Trinajstić information content (AvgIpc) is 3.02. The normalized spacial score (nSPS) is 12.7. The lowest BCUT2D eigenvalue weighted by molar-refractivity contribution is -0.140. The van der Waals surface area contributed by atoms with Gasteiger partial charge >= 0.3 is 6.18 Å². The number of anilines is 1. The topological polar surface area (TPSA) is 70.1 Å². The van der Waals surface area contributed by atoms with E-state index in [1.54, 1.807) is 6.92 Å². The van der Waals surface area contributed by atoms with Crippen molar-refractivity contribution in [3.63, 3.8) is 0 Å². The summed E-state index contributed by atoms with van der Waals surface area (Å²) in [6.45, 7) is 1.90. The Morgan fingerprint density at radius 2 is 1.87 bits per heavy atom. The molecule has 0 aliphatic heterocycles. The predicted octanol–water partition coefficient (Wildman–Crippen LogP) is 4.76. The SMILES string of the molecule is CC(c1ccc(C(F)(F)F)c(F)c1)n1nc(COCc2ccccc2)c(C=O)c1N. The maximum Gasteiger partial charge on any atom is 0.419 e. The minimum atomic E-state index is -4.79. The summed E-state index contributed by atoms with van der Waals surface area (Å²) in [7, 11) is 0. The van der Waals surface area contributed by atoms with Crippen LogP contribution in [0.5, 0.6) is 0 Å². The lowest BCUT2D eigenvalue weighted by Gasteiger charge is -2.16. The number of rotatable bonds is 7. The van der Waals surface area contributed by atoms with Gasteiger partial charge < -0.3 is 10.5 Å². The number of ether oxygens (including phenoxy) is 1. The zero-order chi connectivity index (χ0) is 21.9. The number of aldehydes is 1. The minimum Gasteiger partial charge on any atom is -0.383 e. The van der Waals surface area contributed by atoms with E-state index < -0.39 is 23.6 Å². The van der Waals surface area contributed by atoms with Gasteiger partial charge in [0.15, 0.2) is 6.29 Å². The minimum absolute atomic E-state index is 0.00819. The van der Waals surface area contributed by atoms with Crippen molar-refractivity contribution in [1.29, 1.82) is 0 Å². The van der Waals surface area contributed by atoms with E-state index in [2.05, 4.69) is 5.10 Å². The smallest absolute Gasteiger partial charge is 0.383 e. The third kappa shape index (κ3) is 4.51. The summed E-state index contributed by atoms with van der Waals surface area (Å²) in [5.41, 5.74) is 6.24. The lowest BCUT2D eigenvalue weighted by atomic mass is 10.1. The van der Waals surface area contributed by atoms with Crippen LogP contribution in [-0.2, 0) is 24.1 Å². The highest BCUT2D eigenvalue weighted by atomic mass is 19.4. The Kier molecular flexibility index (Phi) is 6.21. The summed E-state index contributed by atoms with van der Waals surface area (Å²) in [5, 5.41) is 4.28. The molecule has 30 heavy (non-hydrogen) atoms. The summed E-state index contributed by atoms with van der Waals surface area (Å²) in [5.74, 6) is -1.37. The molecular formula is C21H19F4N3O2. The molecule has 0 spiro atoms. The van der Waals surface area contributed by atoms with Crippen molar-refractivity contribution >= 4 is 12.1 Å². The fourth-order valence-electron chi connectivity index (χ4n) is 3.04. The van der Waals surface area contributed by atoms with Gasteiger partial charge in [-0.2, -0.15) is 18.3 Å². The van der Waals surface area contributed by atoms with Gasteiger partial charge in [-0.1, -0.05) is 36.4 Å². The molecule has 0 saturated heterocycles. The first-order chi connectivity index (χ1) is 14.2. The Labute approximate surface area is 170 Å². The zero-order valence-corrected chi connectivity index (χ0v) is 16.0. The molecule has 1 unspecified atom stereocenters. The Morgan fingerprint density at radius 3 is 2.47 bits per heavy atom. The third-order valence-electron chi connectivity index (χ3n) is 4.68. The molecule has 3 aromatic rings. The van der Waals surface area contributed by atoms with Crippen LogP contribution in [0.1, 0.15) is 45.7 Å². The third-order valence-corrected chi connectivity index (χ3v) is 4.68. The van der Waals surface area contributed by atoms with Crippen LogP contribution in [0.2, 0.25) is 0 Å². The zero-order valence-electron chi connectivity index (χ0n) is 16.0. The Balaban J connectivity index is 1.82. The quantitative estimate of drug-likeness (QED) is 0.441. The summed E-state index contributed by atoms with van der Waals surface area (Å²) < 4.78 is 59.2. The number of carbonyl (C=O) groups excluding carboxylic acids is 1. The molecule has 1 heterocycles. The van der Waals surface area contributed by atoms with E-state index in [1.165, 1.54) is 4.68 Å². The molecule has 0 amide bonds. The number of nitrogen functional groups attached to an aromatic ring is 1. The molecule has 158 valence electrons. The molecule has 9 heteroatoms. The van der Waals surface area contributed by atoms with Gasteiger partial charge in [0.2, 0.25) is 0 Å². The number of alkyl halides is 3. The van der Waals surface area contributed by atoms with Gasteiger partial charge in [0.1, 0.15) is 17.3 Å². The van der Waals surface area contributed by atoms with Crippen molar-refractivity contribution in [2.24, 2.45) is 0 Å². The van der Waals surface area contributed by atoms with Crippen molar-refractivity contribution in [2.75, 3.05) is 5.73 Å². The van der Waals surface area contributed by atoms with Gasteiger partial charge in [0.25, 0.3) is 0 Å². The largest absolute Gasteiger partial charge is 0.419 e. The van der Waals surface area contributed by atoms with Crippen molar-refractivity contribution in [3.8, 4) is 0 Å². The van der Waals surface area contributed by atoms with Gasteiger partial charge in [-0.15, -0.1) is 0 Å². The van der Waals surface area contributed by atoms with E-state index in [0.29, 0.717) is 19.0 Å². The Morgan fingerprint density at radius 1 is 1.17 bits per heavy atom. The number of nitrogens with two attached hydrogens (primary N) is 1. The van der Waals surface area contributed by atoms with Crippen LogP contribution in [0.15, 0.2) is 48.5 Å². The molecule has 2 aromatic carbocycles. The monoisotopic (exact) mass is 421 g/mol. The first-order valence-corrected chi connectivity index (χ1v) is 9.02. The average molecular weight is 421 g/mol. The van der Waals surface area contributed by atoms with Gasteiger partial charge in [0, 0.05) is 0 Å². The van der Waals surface area contributed by atoms with Crippen LogP contribution in [0, 0.1) is 5.82 Å². The Hall–Kier alpha value is -3.20. The molecule has 0 aliphatic rings. The van der Waals surface area contributed by atoms with Crippen molar-refractivity contribution in [1.82, 2.24) is 9.78 Å². The van der Waals surface area contributed by atoms with E-state index in [0.717, 1.165) is 17.7 Å². The van der Waals surface area contributed by atoms with E-state index >= 15 is 0 Å². The van der Waals surface area contributed by atoms with E-state index in [1.807, 2.05) is 30.3 Å². The molecule has 1 atom stereocenters. The molecule has 0 aliphatic carbocycles. The van der Waals surface area contributed by atoms with Crippen LogP contribution >= 0.6 is 0 Å². The molecule has 1 aromatic heterocycles. The second-order valence-corrected chi connectivity index (χ2v) is 6.70. The van der Waals surface area contributed by atoms with E-state index in [9.17, 15) is 22.4 Å². The van der Waals surface area contributed by atoms with Crippen LogP contribution in [-0.4, -0.2) is 16.1 Å². The van der Waals surface area contributed by atoms with Crippen LogP contribution in [0.4, 0.5) is 23.4 Å². The van der Waals surface area contributed by atoms with Crippen LogP contribution < -0.4 is 5.73 Å². The lowest BCUT2D eigenvalue weighted by Crippen LogP contribution is -2.14. The molecule has 5 nitrogen and oxygen atoms in total. The highest BCUT2D eigenvalue weighted by molar-refractivity contribution is 5.83. The second kappa shape index (κ2) is 8.66. The highest BCUT2D eigenvalue weighted by Gasteiger charge is 2.34. The fraction of sp³-hybridized carbons (Fsp3) is 0.238. The van der Waals surface area contributed by atoms with Gasteiger partial charge in [-0.05, 0) is 30.2 Å². The van der Waals surface area contributed by atoms with Crippen molar-refractivity contribution in [2.45, 2.75) is 32.4 Å².